The minimum atomic E-state index is -0.493. The average Bonchev–Trinajstić information content (AvgIpc) is 2.85. The zero-order chi connectivity index (χ0) is 23.3. The van der Waals surface area contributed by atoms with Crippen molar-refractivity contribution >= 4 is 5.97 Å². The summed E-state index contributed by atoms with van der Waals surface area (Å²) in [6.45, 7) is 4.45. The van der Waals surface area contributed by atoms with Crippen molar-refractivity contribution in [3.8, 4) is 17.0 Å². The summed E-state index contributed by atoms with van der Waals surface area (Å²) >= 11 is 0. The third kappa shape index (κ3) is 8.12. The van der Waals surface area contributed by atoms with Gasteiger partial charge in [-0.15, -0.1) is 0 Å². The van der Waals surface area contributed by atoms with Crippen LogP contribution in [-0.4, -0.2) is 15.9 Å². The van der Waals surface area contributed by atoms with Crippen molar-refractivity contribution in [2.75, 3.05) is 0 Å². The van der Waals surface area contributed by atoms with E-state index in [1.807, 2.05) is 24.3 Å². The number of benzene rings is 2. The number of aromatic nitrogens is 2. The Labute approximate surface area is 198 Å². The highest BCUT2D eigenvalue weighted by Gasteiger charge is 2.12. The second kappa shape index (κ2) is 13.5. The number of esters is 1. The minimum Gasteiger partial charge on any atom is -0.422 e. The Morgan fingerprint density at radius 2 is 1.27 bits per heavy atom. The summed E-state index contributed by atoms with van der Waals surface area (Å²) in [6, 6.07) is 16.2. The molecule has 3 aromatic rings. The summed E-state index contributed by atoms with van der Waals surface area (Å²) < 4.78 is 5.48. The lowest BCUT2D eigenvalue weighted by molar-refractivity contribution is 0.0728. The van der Waals surface area contributed by atoms with Crippen LogP contribution in [0.25, 0.3) is 11.3 Å². The molecule has 33 heavy (non-hydrogen) atoms. The number of nitrogens with zero attached hydrogens (tertiary/aromatic N) is 2. The standard InChI is InChI=1S/C29H36N2O2/c1-3-5-7-8-10-12-24-15-19-26(20-16-24)33-29(32)28-22-30-27(21-31-28)25-17-13-23(14-18-25)11-9-6-4-2/h13-22H,3-12H2,1-2H3. The van der Waals surface area contributed by atoms with Crippen LogP contribution in [0.2, 0.25) is 0 Å². The molecule has 0 amide bonds. The van der Waals surface area contributed by atoms with Crippen molar-refractivity contribution < 1.29 is 9.53 Å². The van der Waals surface area contributed by atoms with Gasteiger partial charge in [0.05, 0.1) is 18.1 Å². The van der Waals surface area contributed by atoms with Gasteiger partial charge in [-0.1, -0.05) is 88.8 Å². The van der Waals surface area contributed by atoms with Gasteiger partial charge in [0.1, 0.15) is 5.75 Å². The molecule has 0 fully saturated rings. The molecule has 0 aliphatic heterocycles. The van der Waals surface area contributed by atoms with E-state index < -0.39 is 5.97 Å². The molecule has 0 spiro atoms. The van der Waals surface area contributed by atoms with E-state index in [9.17, 15) is 4.79 Å². The van der Waals surface area contributed by atoms with Gasteiger partial charge in [-0.25, -0.2) is 9.78 Å². The molecule has 0 saturated heterocycles. The number of carbonyl (C=O) groups excluding carboxylic acids is 1. The number of ether oxygens (including phenoxy) is 1. The van der Waals surface area contributed by atoms with E-state index in [2.05, 4.69) is 48.1 Å². The van der Waals surface area contributed by atoms with Crippen molar-refractivity contribution in [2.24, 2.45) is 0 Å². The zero-order valence-electron chi connectivity index (χ0n) is 20.1. The Hall–Kier alpha value is -3.01. The molecular weight excluding hydrogens is 408 g/mol. The van der Waals surface area contributed by atoms with E-state index in [-0.39, 0.29) is 5.69 Å². The highest BCUT2D eigenvalue weighted by Crippen LogP contribution is 2.19. The Morgan fingerprint density at radius 3 is 1.88 bits per heavy atom. The van der Waals surface area contributed by atoms with Gasteiger partial charge >= 0.3 is 5.97 Å². The highest BCUT2D eigenvalue weighted by molar-refractivity contribution is 5.88. The molecule has 174 valence electrons. The molecule has 0 radical (unpaired) electrons. The molecule has 0 saturated carbocycles. The fourth-order valence-electron chi connectivity index (χ4n) is 3.82. The van der Waals surface area contributed by atoms with Crippen molar-refractivity contribution in [3.63, 3.8) is 0 Å². The predicted molar refractivity (Wildman–Crippen MR) is 135 cm³/mol. The Balaban J connectivity index is 1.50. The monoisotopic (exact) mass is 444 g/mol. The molecule has 0 aliphatic carbocycles. The first kappa shape index (κ1) is 24.6. The van der Waals surface area contributed by atoms with Crippen LogP contribution in [0.1, 0.15) is 86.8 Å². The van der Waals surface area contributed by atoms with Gasteiger partial charge in [-0.05, 0) is 48.9 Å². The van der Waals surface area contributed by atoms with Crippen LogP contribution in [-0.2, 0) is 12.8 Å². The maximum Gasteiger partial charge on any atom is 0.363 e. The number of aryl methyl sites for hydroxylation is 2. The quantitative estimate of drug-likeness (QED) is 0.155. The smallest absolute Gasteiger partial charge is 0.363 e. The van der Waals surface area contributed by atoms with Crippen LogP contribution in [0.5, 0.6) is 5.75 Å². The summed E-state index contributed by atoms with van der Waals surface area (Å²) in [6.07, 6.45) is 15.3. The van der Waals surface area contributed by atoms with Crippen LogP contribution >= 0.6 is 0 Å². The maximum absolute atomic E-state index is 12.5. The van der Waals surface area contributed by atoms with E-state index in [1.165, 1.54) is 68.7 Å². The van der Waals surface area contributed by atoms with Crippen LogP contribution in [0, 0.1) is 0 Å². The van der Waals surface area contributed by atoms with E-state index in [0.29, 0.717) is 5.75 Å². The van der Waals surface area contributed by atoms with E-state index in [0.717, 1.165) is 24.1 Å². The fourth-order valence-corrected chi connectivity index (χ4v) is 3.82. The first-order chi connectivity index (χ1) is 16.2. The molecule has 0 bridgehead atoms. The second-order valence-electron chi connectivity index (χ2n) is 8.64. The van der Waals surface area contributed by atoms with Crippen LogP contribution in [0.15, 0.2) is 60.9 Å². The first-order valence-electron chi connectivity index (χ1n) is 12.4. The molecular formula is C29H36N2O2. The first-order valence-corrected chi connectivity index (χ1v) is 12.4. The molecule has 0 N–H and O–H groups in total. The average molecular weight is 445 g/mol. The molecule has 4 heteroatoms. The van der Waals surface area contributed by atoms with Crippen molar-refractivity contribution in [3.05, 3.63) is 77.7 Å². The highest BCUT2D eigenvalue weighted by atomic mass is 16.5. The predicted octanol–water partition coefficient (Wildman–Crippen LogP) is 7.61. The summed E-state index contributed by atoms with van der Waals surface area (Å²) in [7, 11) is 0. The number of rotatable bonds is 13. The topological polar surface area (TPSA) is 52.1 Å². The zero-order valence-corrected chi connectivity index (χ0v) is 20.1. The Kier molecular flexibility index (Phi) is 10.1. The molecule has 1 aromatic heterocycles. The lowest BCUT2D eigenvalue weighted by Gasteiger charge is -2.07. The molecule has 3 rings (SSSR count). The van der Waals surface area contributed by atoms with Gasteiger partial charge < -0.3 is 4.74 Å². The summed E-state index contributed by atoms with van der Waals surface area (Å²) in [5.74, 6) is 0.0342. The number of hydrogen-bond donors (Lipinski definition) is 0. The van der Waals surface area contributed by atoms with Crippen molar-refractivity contribution in [1.82, 2.24) is 9.97 Å². The van der Waals surface area contributed by atoms with Gasteiger partial charge in [0.15, 0.2) is 5.69 Å². The van der Waals surface area contributed by atoms with Crippen molar-refractivity contribution in [2.45, 2.75) is 78.1 Å². The Morgan fingerprint density at radius 1 is 0.697 bits per heavy atom. The minimum absolute atomic E-state index is 0.204. The fraction of sp³-hybridized carbons (Fsp3) is 0.414. The molecule has 2 aromatic carbocycles. The van der Waals surface area contributed by atoms with Gasteiger partial charge in [-0.2, -0.15) is 0 Å². The van der Waals surface area contributed by atoms with Crippen molar-refractivity contribution in [1.29, 1.82) is 0 Å². The van der Waals surface area contributed by atoms with E-state index in [1.54, 1.807) is 6.20 Å². The van der Waals surface area contributed by atoms with Gasteiger partial charge in [0.2, 0.25) is 0 Å². The molecule has 0 unspecified atom stereocenters. The normalized spacial score (nSPS) is 10.8. The number of unbranched alkanes of at least 4 members (excludes halogenated alkanes) is 6. The van der Waals surface area contributed by atoms with Crippen LogP contribution in [0.4, 0.5) is 0 Å². The summed E-state index contributed by atoms with van der Waals surface area (Å²) in [4.78, 5) is 21.2. The van der Waals surface area contributed by atoms with E-state index in [4.69, 9.17) is 4.74 Å². The van der Waals surface area contributed by atoms with Crippen LogP contribution in [0.3, 0.4) is 0 Å². The lowest BCUT2D eigenvalue weighted by Crippen LogP contribution is -2.11. The van der Waals surface area contributed by atoms with E-state index >= 15 is 0 Å². The second-order valence-corrected chi connectivity index (χ2v) is 8.64. The third-order valence-corrected chi connectivity index (χ3v) is 5.88. The van der Waals surface area contributed by atoms with Gasteiger partial charge in [0, 0.05) is 5.56 Å². The van der Waals surface area contributed by atoms with Gasteiger partial charge in [0.25, 0.3) is 0 Å². The van der Waals surface area contributed by atoms with Crippen LogP contribution < -0.4 is 4.74 Å². The molecule has 0 aliphatic rings. The molecule has 4 nitrogen and oxygen atoms in total. The number of carbonyl (C=O) groups is 1. The molecule has 0 atom stereocenters. The Bertz CT molecular complexity index is 964. The summed E-state index contributed by atoms with van der Waals surface area (Å²) in [5.41, 5.74) is 4.55. The van der Waals surface area contributed by atoms with Gasteiger partial charge in [-0.3, -0.25) is 4.98 Å². The number of hydrogen-bond acceptors (Lipinski definition) is 4. The SMILES string of the molecule is CCCCCCCc1ccc(OC(=O)c2cnc(-c3ccc(CCCCC)cc3)cn2)cc1. The summed E-state index contributed by atoms with van der Waals surface area (Å²) in [5, 5.41) is 0. The lowest BCUT2D eigenvalue weighted by atomic mass is 10.0. The molecule has 1 heterocycles. The maximum atomic E-state index is 12.5. The third-order valence-electron chi connectivity index (χ3n) is 5.88. The largest absolute Gasteiger partial charge is 0.422 e.